The van der Waals surface area contributed by atoms with Crippen LogP contribution in [0, 0.1) is 17.3 Å². The molecule has 144 valence electrons. The second-order valence-electron chi connectivity index (χ2n) is 9.20. The lowest BCUT2D eigenvalue weighted by molar-refractivity contribution is 0.147. The molecule has 1 rings (SSSR count). The normalized spacial score (nSPS) is 24.8. The molecular weight excluding hydrogens is 294 g/mol. The minimum absolute atomic E-state index is 0.495. The molecule has 3 N–H and O–H groups in total. The van der Waals surface area contributed by atoms with Gasteiger partial charge in [0, 0.05) is 25.2 Å². The van der Waals surface area contributed by atoms with Crippen molar-refractivity contribution in [2.75, 3.05) is 26.7 Å². The Balaban J connectivity index is 2.31. The highest BCUT2D eigenvalue weighted by molar-refractivity contribution is 4.82. The summed E-state index contributed by atoms with van der Waals surface area (Å²) >= 11 is 0. The fourth-order valence-electron chi connectivity index (χ4n) is 4.01. The number of unbranched alkanes of at least 4 members (excludes halogenated alkanes) is 1. The zero-order valence-corrected chi connectivity index (χ0v) is 17.4. The third-order valence-electron chi connectivity index (χ3n) is 5.90. The topological polar surface area (TPSA) is 36.1 Å². The smallest absolute Gasteiger partial charge is 0.0192 e. The second kappa shape index (κ2) is 11.5. The number of rotatable bonds is 11. The Bertz CT molecular complexity index is 303. The van der Waals surface area contributed by atoms with Gasteiger partial charge in [-0.2, -0.15) is 0 Å². The number of hydrogen-bond donors (Lipinski definition) is 3. The van der Waals surface area contributed by atoms with Gasteiger partial charge in [-0.1, -0.05) is 40.5 Å². The summed E-state index contributed by atoms with van der Waals surface area (Å²) in [6, 6.07) is 1.17. The van der Waals surface area contributed by atoms with E-state index in [4.69, 9.17) is 0 Å². The van der Waals surface area contributed by atoms with Crippen LogP contribution in [0.5, 0.6) is 0 Å². The Hall–Kier alpha value is -0.120. The molecule has 24 heavy (non-hydrogen) atoms. The van der Waals surface area contributed by atoms with Crippen molar-refractivity contribution in [2.45, 2.75) is 91.6 Å². The van der Waals surface area contributed by atoms with Crippen molar-refractivity contribution < 1.29 is 0 Å². The van der Waals surface area contributed by atoms with Crippen LogP contribution in [0.1, 0.15) is 79.6 Å². The van der Waals surface area contributed by atoms with E-state index in [-0.39, 0.29) is 0 Å². The molecule has 0 radical (unpaired) electrons. The van der Waals surface area contributed by atoms with Crippen LogP contribution < -0.4 is 16.0 Å². The van der Waals surface area contributed by atoms with Crippen LogP contribution in [-0.2, 0) is 0 Å². The predicted octanol–water partition coefficient (Wildman–Crippen LogP) is 4.18. The molecule has 1 aliphatic carbocycles. The monoisotopic (exact) mass is 339 g/mol. The SMILES string of the molecule is CCCC[C@@H](CN[C@H](C)CNC)NCC1CCC(C(C)(C)C)CC1. The first kappa shape index (κ1) is 21.9. The molecule has 0 aliphatic heterocycles. The first-order chi connectivity index (χ1) is 11.4. The van der Waals surface area contributed by atoms with Crippen LogP contribution in [-0.4, -0.2) is 38.8 Å². The third-order valence-corrected chi connectivity index (χ3v) is 5.90. The van der Waals surface area contributed by atoms with Crippen LogP contribution in [0.4, 0.5) is 0 Å². The minimum atomic E-state index is 0.495. The van der Waals surface area contributed by atoms with Crippen molar-refractivity contribution >= 4 is 0 Å². The first-order valence-electron chi connectivity index (χ1n) is 10.5. The molecule has 0 saturated heterocycles. The highest BCUT2D eigenvalue weighted by atomic mass is 15.0. The zero-order chi connectivity index (χ0) is 18.0. The molecule has 0 amide bonds. The van der Waals surface area contributed by atoms with Gasteiger partial charge < -0.3 is 16.0 Å². The van der Waals surface area contributed by atoms with Crippen molar-refractivity contribution in [2.24, 2.45) is 17.3 Å². The average molecular weight is 340 g/mol. The average Bonchev–Trinajstić information content (AvgIpc) is 2.54. The number of nitrogens with one attached hydrogen (secondary N) is 3. The Kier molecular flexibility index (Phi) is 10.5. The van der Waals surface area contributed by atoms with E-state index in [1.807, 2.05) is 7.05 Å². The zero-order valence-electron chi connectivity index (χ0n) is 17.4. The van der Waals surface area contributed by atoms with Crippen molar-refractivity contribution in [3.63, 3.8) is 0 Å². The molecule has 0 unspecified atom stereocenters. The van der Waals surface area contributed by atoms with Gasteiger partial charge in [-0.05, 0) is 69.9 Å². The van der Waals surface area contributed by atoms with Crippen molar-refractivity contribution in [1.82, 2.24) is 16.0 Å². The first-order valence-corrected chi connectivity index (χ1v) is 10.5. The molecule has 0 spiro atoms. The van der Waals surface area contributed by atoms with E-state index < -0.39 is 0 Å². The Morgan fingerprint density at radius 1 is 1.00 bits per heavy atom. The summed E-state index contributed by atoms with van der Waals surface area (Å²) in [5, 5.41) is 10.8. The van der Waals surface area contributed by atoms with Gasteiger partial charge in [0.2, 0.25) is 0 Å². The molecule has 0 aromatic rings. The highest BCUT2D eigenvalue weighted by Crippen LogP contribution is 2.39. The number of likely N-dealkylation sites (N-methyl/N-ethyl adjacent to an activating group) is 1. The van der Waals surface area contributed by atoms with E-state index in [9.17, 15) is 0 Å². The second-order valence-corrected chi connectivity index (χ2v) is 9.20. The van der Waals surface area contributed by atoms with Crippen molar-refractivity contribution in [3.05, 3.63) is 0 Å². The predicted molar refractivity (Wildman–Crippen MR) is 108 cm³/mol. The Morgan fingerprint density at radius 3 is 2.21 bits per heavy atom. The summed E-state index contributed by atoms with van der Waals surface area (Å²) in [6.07, 6.45) is 9.60. The fourth-order valence-corrected chi connectivity index (χ4v) is 4.01. The summed E-state index contributed by atoms with van der Waals surface area (Å²) in [4.78, 5) is 0. The summed E-state index contributed by atoms with van der Waals surface area (Å²) in [7, 11) is 2.03. The van der Waals surface area contributed by atoms with Crippen LogP contribution in [0.3, 0.4) is 0 Å². The lowest BCUT2D eigenvalue weighted by Gasteiger charge is -2.37. The summed E-state index contributed by atoms with van der Waals surface area (Å²) in [6.45, 7) is 15.1. The van der Waals surface area contributed by atoms with Gasteiger partial charge in [0.05, 0.1) is 0 Å². The summed E-state index contributed by atoms with van der Waals surface area (Å²) in [5.41, 5.74) is 0.495. The standard InChI is InChI=1S/C21H45N3/c1-7-8-9-20(16-23-17(2)14-22-6)24-15-18-10-12-19(13-11-18)21(3,4)5/h17-20,22-24H,7-16H2,1-6H3/t17-,18?,19?,20+/m1/s1. The molecule has 0 heterocycles. The molecule has 1 fully saturated rings. The van der Waals surface area contributed by atoms with E-state index in [0.29, 0.717) is 17.5 Å². The van der Waals surface area contributed by atoms with Gasteiger partial charge in [-0.15, -0.1) is 0 Å². The molecule has 0 aromatic carbocycles. The largest absolute Gasteiger partial charge is 0.318 e. The maximum Gasteiger partial charge on any atom is 0.0192 e. The quantitative estimate of drug-likeness (QED) is 0.528. The minimum Gasteiger partial charge on any atom is -0.318 e. The molecular formula is C21H45N3. The van der Waals surface area contributed by atoms with Crippen LogP contribution in [0.2, 0.25) is 0 Å². The van der Waals surface area contributed by atoms with Crippen molar-refractivity contribution in [1.29, 1.82) is 0 Å². The van der Waals surface area contributed by atoms with E-state index >= 15 is 0 Å². The van der Waals surface area contributed by atoms with Gasteiger partial charge in [-0.25, -0.2) is 0 Å². The summed E-state index contributed by atoms with van der Waals surface area (Å²) in [5.74, 6) is 1.82. The molecule has 1 saturated carbocycles. The van der Waals surface area contributed by atoms with E-state index in [0.717, 1.165) is 24.9 Å². The molecule has 2 atom stereocenters. The van der Waals surface area contributed by atoms with E-state index in [2.05, 4.69) is 50.6 Å². The highest BCUT2D eigenvalue weighted by Gasteiger charge is 2.29. The van der Waals surface area contributed by atoms with Crippen molar-refractivity contribution in [3.8, 4) is 0 Å². The summed E-state index contributed by atoms with van der Waals surface area (Å²) < 4.78 is 0. The maximum atomic E-state index is 3.89. The van der Waals surface area contributed by atoms with Gasteiger partial charge in [0.25, 0.3) is 0 Å². The lowest BCUT2D eigenvalue weighted by atomic mass is 9.70. The fraction of sp³-hybridized carbons (Fsp3) is 1.00. The van der Waals surface area contributed by atoms with Gasteiger partial charge in [0.15, 0.2) is 0 Å². The van der Waals surface area contributed by atoms with Crippen LogP contribution >= 0.6 is 0 Å². The Morgan fingerprint density at radius 2 is 1.67 bits per heavy atom. The maximum absolute atomic E-state index is 3.89. The van der Waals surface area contributed by atoms with Gasteiger partial charge >= 0.3 is 0 Å². The molecule has 3 nitrogen and oxygen atoms in total. The van der Waals surface area contributed by atoms with Gasteiger partial charge in [0.1, 0.15) is 0 Å². The molecule has 0 aromatic heterocycles. The van der Waals surface area contributed by atoms with Crippen LogP contribution in [0.25, 0.3) is 0 Å². The van der Waals surface area contributed by atoms with Gasteiger partial charge in [-0.3, -0.25) is 0 Å². The van der Waals surface area contributed by atoms with E-state index in [1.165, 1.54) is 51.5 Å². The molecule has 0 bridgehead atoms. The Labute approximate surface area is 152 Å². The third kappa shape index (κ3) is 8.82. The lowest BCUT2D eigenvalue weighted by Crippen LogP contribution is -2.45. The molecule has 3 heteroatoms. The van der Waals surface area contributed by atoms with E-state index in [1.54, 1.807) is 0 Å². The number of hydrogen-bond acceptors (Lipinski definition) is 3. The van der Waals surface area contributed by atoms with Crippen LogP contribution in [0.15, 0.2) is 0 Å². The molecule has 1 aliphatic rings.